The van der Waals surface area contributed by atoms with Crippen LogP contribution in [-0.4, -0.2) is 13.1 Å². The van der Waals surface area contributed by atoms with Crippen LogP contribution in [0.5, 0.6) is 0 Å². The second-order valence-corrected chi connectivity index (χ2v) is 4.46. The van der Waals surface area contributed by atoms with E-state index >= 15 is 0 Å². The minimum absolute atomic E-state index is 0.793. The van der Waals surface area contributed by atoms with Gasteiger partial charge in [-0.2, -0.15) is 7.05 Å². The first kappa shape index (κ1) is 7.60. The van der Waals surface area contributed by atoms with Gasteiger partial charge in [-0.25, -0.2) is 0 Å². The highest BCUT2D eigenvalue weighted by Crippen LogP contribution is 2.43. The first-order chi connectivity index (χ1) is 5.31. The average Bonchev–Trinajstić information content (AvgIpc) is 2.45. The Morgan fingerprint density at radius 1 is 0.909 bits per heavy atom. The van der Waals surface area contributed by atoms with Crippen LogP contribution in [0.4, 0.5) is 0 Å². The Bertz CT molecular complexity index is 126. The Labute approximate surface area is 69.8 Å². The van der Waals surface area contributed by atoms with E-state index in [1.54, 1.807) is 0 Å². The number of rotatable bonds is 0. The van der Waals surface area contributed by atoms with Crippen LogP contribution in [0.1, 0.15) is 38.5 Å². The molecule has 11 heavy (non-hydrogen) atoms. The van der Waals surface area contributed by atoms with Gasteiger partial charge < -0.3 is 4.90 Å². The second-order valence-electron chi connectivity index (χ2n) is 4.46. The molecule has 1 heterocycles. The molecule has 1 heteroatoms. The van der Waals surface area contributed by atoms with Crippen molar-refractivity contribution in [3.05, 3.63) is 7.05 Å². The van der Waals surface area contributed by atoms with E-state index < -0.39 is 0 Å². The fourth-order valence-electron chi connectivity index (χ4n) is 2.76. The largest absolute Gasteiger partial charge is 0.468 e. The molecule has 1 spiro atoms. The Morgan fingerprint density at radius 2 is 1.45 bits per heavy atom. The maximum Gasteiger partial charge on any atom is 0.0535 e. The molecule has 0 unspecified atom stereocenters. The van der Waals surface area contributed by atoms with Gasteiger partial charge in [0, 0.05) is 12.8 Å². The lowest BCUT2D eigenvalue weighted by atomic mass is 9.77. The number of hydrogen-bond acceptors (Lipinski definition) is 0. The normalized spacial score (nSPS) is 31.4. The van der Waals surface area contributed by atoms with Gasteiger partial charge in [0.15, 0.2) is 0 Å². The number of hydrogen-bond donors (Lipinski definition) is 1. The third-order valence-corrected chi connectivity index (χ3v) is 3.68. The summed E-state index contributed by atoms with van der Waals surface area (Å²) in [5.74, 6) is 0. The molecule has 0 aromatic rings. The SMILES string of the molecule is [CH2-][NH+]1CCC2(CCCC2)CC1. The van der Waals surface area contributed by atoms with Gasteiger partial charge in [-0.05, 0) is 18.3 Å². The van der Waals surface area contributed by atoms with E-state index in [9.17, 15) is 0 Å². The molecular weight excluding hydrogens is 134 g/mol. The van der Waals surface area contributed by atoms with Crippen LogP contribution in [0, 0.1) is 12.5 Å². The monoisotopic (exact) mass is 153 g/mol. The third-order valence-electron chi connectivity index (χ3n) is 3.68. The minimum atomic E-state index is 0.793. The first-order valence-corrected chi connectivity index (χ1v) is 4.97. The Hall–Kier alpha value is -0.0400. The van der Waals surface area contributed by atoms with Crippen molar-refractivity contribution in [1.82, 2.24) is 0 Å². The maximum atomic E-state index is 4.07. The van der Waals surface area contributed by atoms with Crippen molar-refractivity contribution in [2.45, 2.75) is 38.5 Å². The van der Waals surface area contributed by atoms with Crippen molar-refractivity contribution in [3.63, 3.8) is 0 Å². The summed E-state index contributed by atoms with van der Waals surface area (Å²) in [7, 11) is 4.07. The van der Waals surface area contributed by atoms with E-state index in [0.717, 1.165) is 5.41 Å². The van der Waals surface area contributed by atoms with E-state index in [0.29, 0.717) is 0 Å². The average molecular weight is 153 g/mol. The summed E-state index contributed by atoms with van der Waals surface area (Å²) < 4.78 is 0. The molecule has 1 nitrogen and oxygen atoms in total. The van der Waals surface area contributed by atoms with Crippen LogP contribution in [0.3, 0.4) is 0 Å². The van der Waals surface area contributed by atoms with Gasteiger partial charge in [-0.3, -0.25) is 0 Å². The molecule has 2 rings (SSSR count). The van der Waals surface area contributed by atoms with Gasteiger partial charge in [-0.15, -0.1) is 0 Å². The van der Waals surface area contributed by atoms with Gasteiger partial charge >= 0.3 is 0 Å². The van der Waals surface area contributed by atoms with Gasteiger partial charge in [0.25, 0.3) is 0 Å². The smallest absolute Gasteiger partial charge is 0.0535 e. The van der Waals surface area contributed by atoms with Crippen LogP contribution in [0.2, 0.25) is 0 Å². The van der Waals surface area contributed by atoms with Crippen LogP contribution < -0.4 is 4.90 Å². The Morgan fingerprint density at radius 3 is 2.00 bits per heavy atom. The molecule has 2 fully saturated rings. The first-order valence-electron chi connectivity index (χ1n) is 4.97. The molecule has 1 aliphatic heterocycles. The maximum absolute atomic E-state index is 4.07. The van der Waals surface area contributed by atoms with Gasteiger partial charge in [0.2, 0.25) is 0 Å². The fourth-order valence-corrected chi connectivity index (χ4v) is 2.76. The molecular formula is C10H19N. The molecule has 0 atom stereocenters. The van der Waals surface area contributed by atoms with E-state index in [1.807, 2.05) is 0 Å². The molecule has 0 aromatic heterocycles. The molecule has 1 N–H and O–H groups in total. The molecule has 0 radical (unpaired) electrons. The zero-order valence-corrected chi connectivity index (χ0v) is 7.36. The summed E-state index contributed by atoms with van der Waals surface area (Å²) >= 11 is 0. The summed E-state index contributed by atoms with van der Waals surface area (Å²) in [6.07, 6.45) is 8.91. The number of likely N-dealkylation sites (tertiary alicyclic amines) is 1. The highest BCUT2D eigenvalue weighted by Gasteiger charge is 2.36. The lowest BCUT2D eigenvalue weighted by molar-refractivity contribution is -0.862. The second kappa shape index (κ2) is 2.78. The zero-order chi connectivity index (χ0) is 7.73. The molecule has 1 saturated carbocycles. The lowest BCUT2D eigenvalue weighted by Gasteiger charge is -2.38. The van der Waals surface area contributed by atoms with E-state index in [4.69, 9.17) is 0 Å². The molecule has 1 aliphatic carbocycles. The summed E-state index contributed by atoms with van der Waals surface area (Å²) in [6, 6.07) is 0. The van der Waals surface area contributed by atoms with Gasteiger partial charge in [0.1, 0.15) is 0 Å². The number of piperidine rings is 1. The van der Waals surface area contributed by atoms with Crippen LogP contribution >= 0.6 is 0 Å². The number of quaternary nitrogens is 1. The van der Waals surface area contributed by atoms with Crippen LogP contribution in [0.25, 0.3) is 0 Å². The van der Waals surface area contributed by atoms with E-state index in [2.05, 4.69) is 7.05 Å². The fraction of sp³-hybridized carbons (Fsp3) is 0.900. The topological polar surface area (TPSA) is 4.44 Å². The summed E-state index contributed by atoms with van der Waals surface area (Å²) in [4.78, 5) is 1.50. The van der Waals surface area contributed by atoms with Gasteiger partial charge in [-0.1, -0.05) is 12.8 Å². The summed E-state index contributed by atoms with van der Waals surface area (Å²) in [5, 5.41) is 0. The third kappa shape index (κ3) is 1.44. The minimum Gasteiger partial charge on any atom is -0.468 e. The van der Waals surface area contributed by atoms with E-state index in [1.165, 1.54) is 56.5 Å². The van der Waals surface area contributed by atoms with Crippen LogP contribution in [-0.2, 0) is 0 Å². The van der Waals surface area contributed by atoms with Crippen molar-refractivity contribution >= 4 is 0 Å². The summed E-state index contributed by atoms with van der Waals surface area (Å²) in [6.45, 7) is 2.64. The Balaban J connectivity index is 1.94. The zero-order valence-electron chi connectivity index (χ0n) is 7.36. The molecule has 0 bridgehead atoms. The molecule has 0 aromatic carbocycles. The predicted molar refractivity (Wildman–Crippen MR) is 46.2 cm³/mol. The predicted octanol–water partition coefficient (Wildman–Crippen LogP) is 1.02. The molecule has 64 valence electrons. The number of nitrogens with one attached hydrogen (secondary N) is 1. The van der Waals surface area contributed by atoms with Crippen molar-refractivity contribution in [1.29, 1.82) is 0 Å². The van der Waals surface area contributed by atoms with Crippen LogP contribution in [0.15, 0.2) is 0 Å². The standard InChI is InChI=1S/C10H19N/c1-11-8-6-10(7-9-11)4-2-3-5-10/h11H,1-9H2. The van der Waals surface area contributed by atoms with E-state index in [-0.39, 0.29) is 0 Å². The van der Waals surface area contributed by atoms with Crippen molar-refractivity contribution in [2.24, 2.45) is 5.41 Å². The quantitative estimate of drug-likeness (QED) is 0.496. The highest BCUT2D eigenvalue weighted by molar-refractivity contribution is 4.85. The van der Waals surface area contributed by atoms with Crippen molar-refractivity contribution in [3.8, 4) is 0 Å². The van der Waals surface area contributed by atoms with Crippen molar-refractivity contribution < 1.29 is 4.90 Å². The lowest BCUT2D eigenvalue weighted by Crippen LogP contribution is -3.08. The molecule has 1 saturated heterocycles. The Kier molecular flexibility index (Phi) is 1.92. The molecule has 0 amide bonds. The van der Waals surface area contributed by atoms with Crippen molar-refractivity contribution in [2.75, 3.05) is 13.1 Å². The highest BCUT2D eigenvalue weighted by atomic mass is 15.1. The van der Waals surface area contributed by atoms with Gasteiger partial charge in [0.05, 0.1) is 13.1 Å². The summed E-state index contributed by atoms with van der Waals surface area (Å²) in [5.41, 5.74) is 0.793. The molecule has 2 aliphatic rings.